The van der Waals surface area contributed by atoms with Gasteiger partial charge in [-0.2, -0.15) is 5.26 Å². The summed E-state index contributed by atoms with van der Waals surface area (Å²) in [4.78, 5) is 0. The van der Waals surface area contributed by atoms with E-state index in [2.05, 4.69) is 162 Å². The van der Waals surface area contributed by atoms with Crippen molar-refractivity contribution in [3.8, 4) is 34.0 Å². The second-order valence-corrected chi connectivity index (χ2v) is 12.4. The summed E-state index contributed by atoms with van der Waals surface area (Å²) in [6.45, 7) is 0. The van der Waals surface area contributed by atoms with Gasteiger partial charge < -0.3 is 4.57 Å². The third-order valence-electron chi connectivity index (χ3n) is 10.0. The van der Waals surface area contributed by atoms with Gasteiger partial charge in [0.15, 0.2) is 0 Å². The van der Waals surface area contributed by atoms with E-state index in [1.54, 1.807) is 0 Å². The van der Waals surface area contributed by atoms with Crippen molar-refractivity contribution in [2.75, 3.05) is 0 Å². The first kappa shape index (κ1) is 25.9. The van der Waals surface area contributed by atoms with Crippen LogP contribution in [0.25, 0.3) is 92.8 Å². The van der Waals surface area contributed by atoms with Crippen molar-refractivity contribution < 1.29 is 0 Å². The second-order valence-electron chi connectivity index (χ2n) is 12.4. The Bertz CT molecular complexity index is 2910. The van der Waals surface area contributed by atoms with E-state index in [1.165, 1.54) is 65.3 Å². The molecule has 1 heterocycles. The van der Waals surface area contributed by atoms with E-state index in [-0.39, 0.29) is 0 Å². The van der Waals surface area contributed by atoms with E-state index in [0.29, 0.717) is 5.56 Å². The zero-order valence-electron chi connectivity index (χ0n) is 25.4. The molecule has 0 bridgehead atoms. The summed E-state index contributed by atoms with van der Waals surface area (Å²) >= 11 is 0. The molecule has 47 heavy (non-hydrogen) atoms. The van der Waals surface area contributed by atoms with Gasteiger partial charge in [-0.05, 0) is 90.3 Å². The minimum atomic E-state index is 0.701. The molecule has 1 aromatic heterocycles. The maximum absolute atomic E-state index is 10.1. The highest BCUT2D eigenvalue weighted by atomic mass is 15.0. The lowest BCUT2D eigenvalue weighted by Crippen LogP contribution is -1.94. The highest BCUT2D eigenvalue weighted by Crippen LogP contribution is 2.46. The lowest BCUT2D eigenvalue weighted by atomic mass is 9.88. The zero-order valence-corrected chi connectivity index (χ0v) is 25.4. The van der Waals surface area contributed by atoms with Crippen molar-refractivity contribution in [1.82, 2.24) is 4.57 Å². The molecule has 0 aliphatic heterocycles. The molecule has 0 aliphatic carbocycles. The summed E-state index contributed by atoms with van der Waals surface area (Å²) in [6, 6.07) is 59.2. The van der Waals surface area contributed by atoms with Crippen LogP contribution in [-0.4, -0.2) is 4.57 Å². The molecule has 0 atom stereocenters. The summed E-state index contributed by atoms with van der Waals surface area (Å²) < 4.78 is 2.36. The van der Waals surface area contributed by atoms with Crippen LogP contribution in [0, 0.1) is 11.3 Å². The minimum absolute atomic E-state index is 0.701. The quantitative estimate of drug-likeness (QED) is 0.187. The smallest absolute Gasteiger partial charge is 0.0998 e. The lowest BCUT2D eigenvalue weighted by Gasteiger charge is -2.16. The Morgan fingerprint density at radius 1 is 0.383 bits per heavy atom. The second kappa shape index (κ2) is 9.78. The van der Waals surface area contributed by atoms with Gasteiger partial charge in [0.1, 0.15) is 0 Å². The van der Waals surface area contributed by atoms with Crippen LogP contribution in [-0.2, 0) is 0 Å². The summed E-state index contributed by atoms with van der Waals surface area (Å²) in [6.07, 6.45) is 0. The molecule has 0 saturated heterocycles. The van der Waals surface area contributed by atoms with E-state index >= 15 is 0 Å². The van der Waals surface area contributed by atoms with Crippen LogP contribution in [0.4, 0.5) is 0 Å². The fourth-order valence-corrected chi connectivity index (χ4v) is 7.91. The molecule has 0 unspecified atom stereocenters. The van der Waals surface area contributed by atoms with E-state index in [4.69, 9.17) is 0 Å². The van der Waals surface area contributed by atoms with Gasteiger partial charge >= 0.3 is 0 Å². The highest BCUT2D eigenvalue weighted by Gasteiger charge is 2.21. The number of benzene rings is 9. The van der Waals surface area contributed by atoms with Crippen molar-refractivity contribution in [3.63, 3.8) is 0 Å². The molecule has 0 aliphatic rings. The molecule has 0 fully saturated rings. The number of nitrogens with zero attached hydrogens (tertiary/aromatic N) is 2. The van der Waals surface area contributed by atoms with Crippen LogP contribution in [0.1, 0.15) is 5.56 Å². The van der Waals surface area contributed by atoms with E-state index in [0.717, 1.165) is 27.5 Å². The van der Waals surface area contributed by atoms with Gasteiger partial charge in [0.25, 0.3) is 0 Å². The van der Waals surface area contributed by atoms with Crippen LogP contribution in [0.2, 0.25) is 0 Å². The predicted molar refractivity (Wildman–Crippen MR) is 198 cm³/mol. The Balaban J connectivity index is 1.27. The summed E-state index contributed by atoms with van der Waals surface area (Å²) in [7, 11) is 0. The highest BCUT2D eigenvalue weighted by molar-refractivity contribution is 6.28. The number of aromatic nitrogens is 1. The number of fused-ring (bicyclic) bond motifs is 3. The van der Waals surface area contributed by atoms with Crippen molar-refractivity contribution >= 4 is 64.9 Å². The maximum Gasteiger partial charge on any atom is 0.0998 e. The molecular weight excluding hydrogens is 569 g/mol. The van der Waals surface area contributed by atoms with Gasteiger partial charge in [-0.1, -0.05) is 127 Å². The lowest BCUT2D eigenvalue weighted by molar-refractivity contribution is 1.19. The number of hydrogen-bond donors (Lipinski definition) is 0. The van der Waals surface area contributed by atoms with Gasteiger partial charge in [0.2, 0.25) is 0 Å². The van der Waals surface area contributed by atoms with Gasteiger partial charge in [-0.15, -0.1) is 0 Å². The van der Waals surface area contributed by atoms with Gasteiger partial charge in [-0.25, -0.2) is 0 Å². The molecule has 2 nitrogen and oxygen atoms in total. The fraction of sp³-hybridized carbons (Fsp3) is 0. The minimum Gasteiger partial charge on any atom is -0.309 e. The van der Waals surface area contributed by atoms with E-state index in [1.807, 2.05) is 6.07 Å². The molecule has 9 aromatic carbocycles. The molecular formula is C45H26N2. The first-order chi connectivity index (χ1) is 23.3. The number of rotatable bonds is 3. The summed E-state index contributed by atoms with van der Waals surface area (Å²) in [5, 5.41) is 22.0. The van der Waals surface area contributed by atoms with Gasteiger partial charge in [-0.3, -0.25) is 0 Å². The van der Waals surface area contributed by atoms with E-state index < -0.39 is 0 Å². The van der Waals surface area contributed by atoms with Gasteiger partial charge in [0.05, 0.1) is 22.7 Å². The number of nitriles is 1. The Morgan fingerprint density at radius 3 is 1.70 bits per heavy atom. The van der Waals surface area contributed by atoms with Crippen LogP contribution in [0.15, 0.2) is 158 Å². The maximum atomic E-state index is 10.1. The largest absolute Gasteiger partial charge is 0.309 e. The normalized spacial score (nSPS) is 11.8. The Labute approximate surface area is 271 Å². The Kier molecular flexibility index (Phi) is 5.38. The molecule has 0 saturated carbocycles. The van der Waals surface area contributed by atoms with Crippen molar-refractivity contribution in [3.05, 3.63) is 163 Å². The first-order valence-corrected chi connectivity index (χ1v) is 16.0. The van der Waals surface area contributed by atoms with Crippen LogP contribution >= 0.6 is 0 Å². The van der Waals surface area contributed by atoms with Crippen LogP contribution in [0.5, 0.6) is 0 Å². The average molecular weight is 595 g/mol. The topological polar surface area (TPSA) is 28.7 Å². The third kappa shape index (κ3) is 3.66. The molecule has 0 N–H and O–H groups in total. The van der Waals surface area contributed by atoms with Crippen LogP contribution < -0.4 is 0 Å². The van der Waals surface area contributed by atoms with Gasteiger partial charge in [0, 0.05) is 21.8 Å². The molecule has 10 rings (SSSR count). The summed E-state index contributed by atoms with van der Waals surface area (Å²) in [5.41, 5.74) is 8.96. The SMILES string of the molecule is N#Cc1ccc2c3c1ccc1c(-c4ccc(-c5cccc6ccccc56)c5ccccc45)ccc(c13)n2-c1ccc2ccccc2c1. The average Bonchev–Trinajstić information content (AvgIpc) is 3.48. The zero-order chi connectivity index (χ0) is 31.1. The molecule has 0 spiro atoms. The Morgan fingerprint density at radius 2 is 0.936 bits per heavy atom. The summed E-state index contributed by atoms with van der Waals surface area (Å²) in [5.74, 6) is 0. The molecule has 10 aromatic rings. The monoisotopic (exact) mass is 594 g/mol. The molecule has 0 amide bonds. The molecule has 2 heteroatoms. The molecule has 0 radical (unpaired) electrons. The Hall–Kier alpha value is -6.43. The third-order valence-corrected chi connectivity index (χ3v) is 10.0. The molecule has 216 valence electrons. The van der Waals surface area contributed by atoms with Crippen molar-refractivity contribution in [1.29, 1.82) is 5.26 Å². The van der Waals surface area contributed by atoms with Crippen LogP contribution in [0.3, 0.4) is 0 Å². The number of hydrogen-bond acceptors (Lipinski definition) is 1. The van der Waals surface area contributed by atoms with Crippen molar-refractivity contribution in [2.24, 2.45) is 0 Å². The predicted octanol–water partition coefficient (Wildman–Crippen LogP) is 12.0. The first-order valence-electron chi connectivity index (χ1n) is 16.0. The van der Waals surface area contributed by atoms with Crippen molar-refractivity contribution in [2.45, 2.75) is 0 Å². The fourth-order valence-electron chi connectivity index (χ4n) is 7.91. The van der Waals surface area contributed by atoms with E-state index in [9.17, 15) is 5.26 Å². The standard InChI is InChI=1S/C45H26N2/c46-27-31-17-24-42-44-34(31)19-22-41-40(23-25-43(45(41)44)47(42)32-18-16-28-8-1-2-10-30(28)26-32)39-21-20-38(36-13-5-6-14-37(36)39)35-15-7-11-29-9-3-4-12-33(29)35/h1-26H.